The molecule has 1 aliphatic heterocycles. The van der Waals surface area contributed by atoms with Crippen molar-refractivity contribution in [1.29, 1.82) is 0 Å². The van der Waals surface area contributed by atoms with Crippen molar-refractivity contribution in [2.24, 2.45) is 17.6 Å². The lowest BCUT2D eigenvalue weighted by molar-refractivity contribution is -0.150. The fraction of sp³-hybridized carbons (Fsp3) is 0.457. The second-order valence-electron chi connectivity index (χ2n) is 12.6. The number of nitrogens with zero attached hydrogens (tertiary/aromatic N) is 1. The molecule has 0 bridgehead atoms. The van der Waals surface area contributed by atoms with Gasteiger partial charge in [0.25, 0.3) is 5.92 Å². The lowest BCUT2D eigenvalue weighted by atomic mass is 9.90. The number of rotatable bonds is 15. The second-order valence-corrected chi connectivity index (χ2v) is 13.6. The number of ketones is 1. The fourth-order valence-corrected chi connectivity index (χ4v) is 6.78. The highest BCUT2D eigenvalue weighted by Crippen LogP contribution is 2.34. The van der Waals surface area contributed by atoms with E-state index in [0.717, 1.165) is 12.5 Å². The third-order valence-corrected chi connectivity index (χ3v) is 9.33. The Kier molecular flexibility index (Phi) is 11.8. The van der Waals surface area contributed by atoms with E-state index in [0.29, 0.717) is 40.8 Å². The van der Waals surface area contributed by atoms with Gasteiger partial charge in [-0.3, -0.25) is 19.2 Å². The van der Waals surface area contributed by atoms with Crippen LogP contribution in [0, 0.1) is 11.8 Å². The molecular formula is C35H41F2N3O6S. The Morgan fingerprint density at radius 1 is 1.09 bits per heavy atom. The molecule has 2 aromatic carbocycles. The molecule has 0 radical (unpaired) electrons. The summed E-state index contributed by atoms with van der Waals surface area (Å²) in [5, 5.41) is 3.21. The SMILES string of the molecule is CC(C)C[C@H](CC(=O)c1cc2cc(C(C)(F)F)ccc2s1)C(=O)N1CCC[C@H]1C(=O)N[C@@H](CCC(N)=O)C(=O)OCc1ccccc1. The fourth-order valence-electron chi connectivity index (χ4n) is 5.79. The van der Waals surface area contributed by atoms with Crippen molar-refractivity contribution >= 4 is 50.9 Å². The van der Waals surface area contributed by atoms with Crippen LogP contribution < -0.4 is 11.1 Å². The van der Waals surface area contributed by atoms with Crippen LogP contribution in [0.2, 0.25) is 0 Å². The molecule has 2 heterocycles. The van der Waals surface area contributed by atoms with Crippen LogP contribution in [-0.2, 0) is 36.4 Å². The maximum atomic E-state index is 13.9. The van der Waals surface area contributed by atoms with Crippen molar-refractivity contribution in [3.8, 4) is 0 Å². The van der Waals surface area contributed by atoms with Gasteiger partial charge in [-0.1, -0.05) is 50.2 Å². The van der Waals surface area contributed by atoms with Gasteiger partial charge < -0.3 is 20.7 Å². The molecule has 3 amide bonds. The number of Topliss-reactive ketones (excluding diaryl/α,β-unsaturated/α-hetero) is 1. The molecule has 252 valence electrons. The van der Waals surface area contributed by atoms with Gasteiger partial charge in [-0.05, 0) is 60.7 Å². The van der Waals surface area contributed by atoms with Gasteiger partial charge in [0.05, 0.1) is 4.88 Å². The smallest absolute Gasteiger partial charge is 0.328 e. The minimum absolute atomic E-state index is 0.0202. The Morgan fingerprint density at radius 3 is 2.47 bits per heavy atom. The summed E-state index contributed by atoms with van der Waals surface area (Å²) in [4.78, 5) is 67.2. The first kappa shape index (κ1) is 35.7. The summed E-state index contributed by atoms with van der Waals surface area (Å²) in [6, 6.07) is 12.9. The van der Waals surface area contributed by atoms with Crippen LogP contribution in [0.4, 0.5) is 8.78 Å². The molecule has 3 aromatic rings. The van der Waals surface area contributed by atoms with Crippen molar-refractivity contribution in [1.82, 2.24) is 10.2 Å². The van der Waals surface area contributed by atoms with Crippen molar-refractivity contribution in [2.45, 2.75) is 83.9 Å². The highest BCUT2D eigenvalue weighted by Gasteiger charge is 2.39. The average molecular weight is 670 g/mol. The molecule has 0 unspecified atom stereocenters. The largest absolute Gasteiger partial charge is 0.459 e. The quantitative estimate of drug-likeness (QED) is 0.157. The molecule has 1 saturated heterocycles. The molecule has 0 spiro atoms. The van der Waals surface area contributed by atoms with E-state index < -0.39 is 41.7 Å². The van der Waals surface area contributed by atoms with E-state index in [9.17, 15) is 32.8 Å². The van der Waals surface area contributed by atoms with E-state index in [1.807, 2.05) is 19.9 Å². The van der Waals surface area contributed by atoms with Gasteiger partial charge in [-0.25, -0.2) is 13.6 Å². The summed E-state index contributed by atoms with van der Waals surface area (Å²) in [5.41, 5.74) is 5.92. The number of hydrogen-bond donors (Lipinski definition) is 2. The number of amides is 3. The number of benzene rings is 2. The normalized spacial score (nSPS) is 16.2. The maximum Gasteiger partial charge on any atom is 0.328 e. The number of esters is 1. The molecule has 0 aliphatic carbocycles. The van der Waals surface area contributed by atoms with Gasteiger partial charge in [0.15, 0.2) is 5.78 Å². The predicted molar refractivity (Wildman–Crippen MR) is 175 cm³/mol. The molecule has 47 heavy (non-hydrogen) atoms. The van der Waals surface area contributed by atoms with Gasteiger partial charge >= 0.3 is 5.97 Å². The van der Waals surface area contributed by atoms with Crippen molar-refractivity contribution in [3.63, 3.8) is 0 Å². The first-order valence-corrected chi connectivity index (χ1v) is 16.6. The number of carbonyl (C=O) groups is 5. The Hall–Kier alpha value is -4.19. The first-order valence-electron chi connectivity index (χ1n) is 15.8. The first-order chi connectivity index (χ1) is 22.2. The summed E-state index contributed by atoms with van der Waals surface area (Å²) in [5.74, 6) is -6.18. The Bertz CT molecular complexity index is 1600. The van der Waals surface area contributed by atoms with Gasteiger partial charge in [0.2, 0.25) is 17.7 Å². The van der Waals surface area contributed by atoms with Crippen LogP contribution in [0.25, 0.3) is 10.1 Å². The summed E-state index contributed by atoms with van der Waals surface area (Å²) in [7, 11) is 0. The highest BCUT2D eigenvalue weighted by atomic mass is 32.1. The van der Waals surface area contributed by atoms with Gasteiger partial charge in [0, 0.05) is 42.5 Å². The molecule has 12 heteroatoms. The number of alkyl halides is 2. The van der Waals surface area contributed by atoms with Crippen LogP contribution in [0.1, 0.15) is 80.1 Å². The minimum atomic E-state index is -3.02. The molecule has 3 atom stereocenters. The third kappa shape index (κ3) is 9.66. The number of halogens is 2. The van der Waals surface area contributed by atoms with Crippen LogP contribution in [-0.4, -0.2) is 53.0 Å². The monoisotopic (exact) mass is 669 g/mol. The molecule has 1 fully saturated rings. The van der Waals surface area contributed by atoms with E-state index >= 15 is 0 Å². The summed E-state index contributed by atoms with van der Waals surface area (Å²) in [6.07, 6.45) is 1.00. The zero-order valence-electron chi connectivity index (χ0n) is 26.8. The number of primary amides is 1. The van der Waals surface area contributed by atoms with Crippen LogP contribution in [0.15, 0.2) is 54.6 Å². The summed E-state index contributed by atoms with van der Waals surface area (Å²) in [6.45, 7) is 4.98. The number of thiophene rings is 1. The number of hydrogen-bond acceptors (Lipinski definition) is 7. The lowest BCUT2D eigenvalue weighted by Crippen LogP contribution is -2.52. The zero-order valence-corrected chi connectivity index (χ0v) is 27.6. The molecule has 0 saturated carbocycles. The minimum Gasteiger partial charge on any atom is -0.459 e. The summed E-state index contributed by atoms with van der Waals surface area (Å²) < 4.78 is 33.8. The Morgan fingerprint density at radius 2 is 1.81 bits per heavy atom. The summed E-state index contributed by atoms with van der Waals surface area (Å²) >= 11 is 1.19. The number of likely N-dealkylation sites (tertiary alicyclic amines) is 1. The number of nitrogens with two attached hydrogens (primary N) is 1. The number of fused-ring (bicyclic) bond motifs is 1. The van der Waals surface area contributed by atoms with Gasteiger partial charge in [-0.15, -0.1) is 11.3 Å². The number of carbonyl (C=O) groups excluding carboxylic acids is 5. The molecule has 1 aromatic heterocycles. The van der Waals surface area contributed by atoms with E-state index in [1.54, 1.807) is 36.4 Å². The highest BCUT2D eigenvalue weighted by molar-refractivity contribution is 7.20. The van der Waals surface area contributed by atoms with Crippen molar-refractivity contribution < 1.29 is 37.5 Å². The number of nitrogens with one attached hydrogen (secondary N) is 1. The molecule has 3 N–H and O–H groups in total. The molecular weight excluding hydrogens is 628 g/mol. The van der Waals surface area contributed by atoms with E-state index in [1.165, 1.54) is 28.4 Å². The Labute approximate surface area is 276 Å². The van der Waals surface area contributed by atoms with Crippen molar-refractivity contribution in [2.75, 3.05) is 6.54 Å². The van der Waals surface area contributed by atoms with Gasteiger partial charge in [-0.2, -0.15) is 0 Å². The van der Waals surface area contributed by atoms with E-state index in [4.69, 9.17) is 10.5 Å². The predicted octanol–water partition coefficient (Wildman–Crippen LogP) is 5.73. The third-order valence-electron chi connectivity index (χ3n) is 8.18. The average Bonchev–Trinajstić information content (AvgIpc) is 3.68. The maximum absolute atomic E-state index is 13.9. The molecule has 4 rings (SSSR count). The Balaban J connectivity index is 1.46. The molecule has 1 aliphatic rings. The van der Waals surface area contributed by atoms with Crippen molar-refractivity contribution in [3.05, 3.63) is 70.6 Å². The number of ether oxygens (including phenoxy) is 1. The second kappa shape index (κ2) is 15.6. The topological polar surface area (TPSA) is 136 Å². The van der Waals surface area contributed by atoms with Crippen LogP contribution >= 0.6 is 11.3 Å². The van der Waals surface area contributed by atoms with Crippen LogP contribution in [0.3, 0.4) is 0 Å². The van der Waals surface area contributed by atoms with E-state index in [2.05, 4.69) is 5.32 Å². The molecule has 9 nitrogen and oxygen atoms in total. The lowest BCUT2D eigenvalue weighted by Gasteiger charge is -2.29. The van der Waals surface area contributed by atoms with E-state index in [-0.39, 0.29) is 49.0 Å². The van der Waals surface area contributed by atoms with Gasteiger partial charge in [0.1, 0.15) is 18.7 Å². The standard InChI is InChI=1S/C35H41F2N3O6S/c1-21(2)16-24(18-28(41)30-19-23-17-25(35(3,36)37)11-13-29(23)47-30)33(44)40-15-7-10-27(40)32(43)39-26(12-14-31(38)42)34(45)46-20-22-8-5-4-6-9-22/h4-6,8-9,11,13,17,19,21,24,26-27H,7,10,12,14-16,18,20H2,1-3H3,(H2,38,42)(H,39,43)/t24-,26+,27+/m1/s1. The van der Waals surface area contributed by atoms with Crippen LogP contribution in [0.5, 0.6) is 0 Å². The zero-order chi connectivity index (χ0) is 34.3.